The largest absolute Gasteiger partial charge is 0.355 e. The van der Waals surface area contributed by atoms with Crippen molar-refractivity contribution in [3.05, 3.63) is 29.3 Å². The third kappa shape index (κ3) is 3.46. The highest BCUT2D eigenvalue weighted by Gasteiger charge is 2.24. The number of rotatable bonds is 6. The average Bonchev–Trinajstić information content (AvgIpc) is 2.92. The van der Waals surface area contributed by atoms with Gasteiger partial charge in [-0.2, -0.15) is 0 Å². The lowest BCUT2D eigenvalue weighted by Gasteiger charge is -2.11. The van der Waals surface area contributed by atoms with E-state index in [2.05, 4.69) is 10.5 Å². The second kappa shape index (κ2) is 5.76. The monoisotopic (exact) mass is 292 g/mol. The zero-order valence-electron chi connectivity index (χ0n) is 11.4. The van der Waals surface area contributed by atoms with Gasteiger partial charge in [-0.3, -0.25) is 4.79 Å². The van der Waals surface area contributed by atoms with Gasteiger partial charge in [0.25, 0.3) is 5.91 Å². The van der Waals surface area contributed by atoms with Gasteiger partial charge < -0.3 is 14.7 Å². The van der Waals surface area contributed by atoms with E-state index in [9.17, 15) is 4.79 Å². The third-order valence-electron chi connectivity index (χ3n) is 3.21. The predicted molar refractivity (Wildman–Crippen MR) is 76.4 cm³/mol. The van der Waals surface area contributed by atoms with Crippen LogP contribution in [0.25, 0.3) is 10.6 Å². The summed E-state index contributed by atoms with van der Waals surface area (Å²) in [6.07, 6.45) is 2.25. The molecule has 0 aromatic carbocycles. The highest BCUT2D eigenvalue weighted by Crippen LogP contribution is 2.24. The third-order valence-corrected chi connectivity index (χ3v) is 4.10. The summed E-state index contributed by atoms with van der Waals surface area (Å²) in [5, 5.41) is 9.08. The number of amides is 1. The van der Waals surface area contributed by atoms with Crippen LogP contribution in [0.2, 0.25) is 0 Å². The summed E-state index contributed by atoms with van der Waals surface area (Å²) in [6.45, 7) is 1.16. The SMILES string of the molecule is C[NH+](CC(=O)NC1CC1)Cc1cc(-c2cccs2)on1. The van der Waals surface area contributed by atoms with E-state index in [0.717, 1.165) is 34.1 Å². The van der Waals surface area contributed by atoms with Crippen molar-refractivity contribution in [3.8, 4) is 10.6 Å². The van der Waals surface area contributed by atoms with E-state index >= 15 is 0 Å². The summed E-state index contributed by atoms with van der Waals surface area (Å²) in [5.74, 6) is 0.914. The predicted octanol–water partition coefficient (Wildman–Crippen LogP) is 0.696. The minimum absolute atomic E-state index is 0.118. The van der Waals surface area contributed by atoms with Gasteiger partial charge in [0, 0.05) is 12.1 Å². The molecule has 1 saturated carbocycles. The molecular weight excluding hydrogens is 274 g/mol. The molecule has 1 amide bonds. The van der Waals surface area contributed by atoms with Crippen LogP contribution in [-0.4, -0.2) is 30.7 Å². The molecule has 2 aromatic rings. The van der Waals surface area contributed by atoms with Crippen molar-refractivity contribution in [2.75, 3.05) is 13.6 Å². The van der Waals surface area contributed by atoms with Crippen molar-refractivity contribution >= 4 is 17.2 Å². The summed E-state index contributed by atoms with van der Waals surface area (Å²) >= 11 is 1.63. The molecule has 3 rings (SSSR count). The van der Waals surface area contributed by atoms with Crippen molar-refractivity contribution in [1.82, 2.24) is 10.5 Å². The van der Waals surface area contributed by atoms with Crippen molar-refractivity contribution in [1.29, 1.82) is 0 Å². The van der Waals surface area contributed by atoms with Crippen molar-refractivity contribution in [2.45, 2.75) is 25.4 Å². The van der Waals surface area contributed by atoms with Crippen molar-refractivity contribution in [2.24, 2.45) is 0 Å². The molecule has 0 saturated heterocycles. The molecule has 106 valence electrons. The number of carbonyl (C=O) groups excluding carboxylic acids is 1. The first-order chi connectivity index (χ1) is 9.70. The van der Waals surface area contributed by atoms with Gasteiger partial charge in [0.15, 0.2) is 12.3 Å². The fourth-order valence-electron chi connectivity index (χ4n) is 2.08. The minimum Gasteiger partial charge on any atom is -0.355 e. The maximum atomic E-state index is 11.7. The Balaban J connectivity index is 1.53. The maximum Gasteiger partial charge on any atom is 0.275 e. The molecule has 1 atom stereocenters. The highest BCUT2D eigenvalue weighted by atomic mass is 32.1. The first-order valence-electron chi connectivity index (χ1n) is 6.81. The van der Waals surface area contributed by atoms with Crippen LogP contribution in [0.15, 0.2) is 28.1 Å². The number of thiophene rings is 1. The van der Waals surface area contributed by atoms with Crippen molar-refractivity contribution in [3.63, 3.8) is 0 Å². The number of aromatic nitrogens is 1. The van der Waals surface area contributed by atoms with Crippen molar-refractivity contribution < 1.29 is 14.2 Å². The Morgan fingerprint density at radius 1 is 1.60 bits per heavy atom. The van der Waals surface area contributed by atoms with Crippen LogP contribution >= 0.6 is 11.3 Å². The molecule has 1 unspecified atom stereocenters. The van der Waals surface area contributed by atoms with Crippen LogP contribution in [0.1, 0.15) is 18.5 Å². The summed E-state index contributed by atoms with van der Waals surface area (Å²) in [4.78, 5) is 13.9. The minimum atomic E-state index is 0.118. The molecule has 1 aliphatic carbocycles. The van der Waals surface area contributed by atoms with Gasteiger partial charge in [-0.25, -0.2) is 0 Å². The average molecular weight is 292 g/mol. The van der Waals surface area contributed by atoms with E-state index in [4.69, 9.17) is 4.52 Å². The maximum absolute atomic E-state index is 11.7. The zero-order valence-corrected chi connectivity index (χ0v) is 12.2. The first-order valence-corrected chi connectivity index (χ1v) is 7.69. The second-order valence-electron chi connectivity index (χ2n) is 5.31. The standard InChI is InChI=1S/C14H17N3O2S/c1-17(9-14(18)15-10-4-5-10)8-11-7-12(19-16-11)13-3-2-6-20-13/h2-3,6-7,10H,4-5,8-9H2,1H3,(H,15,18)/p+1. The Labute approximate surface area is 121 Å². The van der Waals surface area contributed by atoms with Gasteiger partial charge in [0.1, 0.15) is 12.2 Å². The van der Waals surface area contributed by atoms with Gasteiger partial charge in [-0.1, -0.05) is 11.2 Å². The normalized spacial score (nSPS) is 16.1. The lowest BCUT2D eigenvalue weighted by molar-refractivity contribution is -0.885. The molecule has 1 fully saturated rings. The quantitative estimate of drug-likeness (QED) is 0.824. The van der Waals surface area contributed by atoms with Gasteiger partial charge in [-0.15, -0.1) is 11.3 Å². The smallest absolute Gasteiger partial charge is 0.275 e. The van der Waals surface area contributed by atoms with Gasteiger partial charge in [-0.05, 0) is 24.3 Å². The number of quaternary nitrogens is 1. The lowest BCUT2D eigenvalue weighted by atomic mass is 10.3. The van der Waals surface area contributed by atoms with Crippen LogP contribution in [0.4, 0.5) is 0 Å². The first kappa shape index (κ1) is 13.3. The van der Waals surface area contributed by atoms with E-state index in [-0.39, 0.29) is 5.91 Å². The molecule has 5 nitrogen and oxygen atoms in total. The molecule has 6 heteroatoms. The summed E-state index contributed by atoms with van der Waals surface area (Å²) in [6, 6.07) is 6.37. The van der Waals surface area contributed by atoms with Gasteiger partial charge in [0.05, 0.1) is 11.9 Å². The molecule has 2 heterocycles. The topological polar surface area (TPSA) is 59.6 Å². The molecular formula is C14H18N3O2S+. The summed E-state index contributed by atoms with van der Waals surface area (Å²) in [7, 11) is 1.99. The van der Waals surface area contributed by atoms with Crippen LogP contribution < -0.4 is 10.2 Å². The Hall–Kier alpha value is -1.66. The van der Waals surface area contributed by atoms with E-state index < -0.39 is 0 Å². The number of likely N-dealkylation sites (N-methyl/N-ethyl adjacent to an activating group) is 1. The van der Waals surface area contributed by atoms with Crippen LogP contribution in [0.5, 0.6) is 0 Å². The fraction of sp³-hybridized carbons (Fsp3) is 0.429. The van der Waals surface area contributed by atoms with E-state index in [1.165, 1.54) is 0 Å². The Kier molecular flexibility index (Phi) is 3.84. The van der Waals surface area contributed by atoms with Crippen LogP contribution in [0, 0.1) is 0 Å². The van der Waals surface area contributed by atoms with E-state index in [1.807, 2.05) is 30.6 Å². The second-order valence-corrected chi connectivity index (χ2v) is 6.26. The number of carbonyl (C=O) groups is 1. The molecule has 0 radical (unpaired) electrons. The van der Waals surface area contributed by atoms with Crippen LogP contribution in [0.3, 0.4) is 0 Å². The number of hydrogen-bond acceptors (Lipinski definition) is 4. The van der Waals surface area contributed by atoms with E-state index in [0.29, 0.717) is 19.1 Å². The van der Waals surface area contributed by atoms with Gasteiger partial charge >= 0.3 is 0 Å². The molecule has 0 aliphatic heterocycles. The summed E-state index contributed by atoms with van der Waals surface area (Å²) < 4.78 is 5.34. The van der Waals surface area contributed by atoms with E-state index in [1.54, 1.807) is 11.3 Å². The Morgan fingerprint density at radius 3 is 3.15 bits per heavy atom. The number of hydrogen-bond donors (Lipinski definition) is 2. The summed E-state index contributed by atoms with van der Waals surface area (Å²) in [5.41, 5.74) is 0.880. The number of nitrogens with one attached hydrogen (secondary N) is 2. The molecule has 2 N–H and O–H groups in total. The zero-order chi connectivity index (χ0) is 13.9. The molecule has 2 aromatic heterocycles. The van der Waals surface area contributed by atoms with Gasteiger partial charge in [0.2, 0.25) is 0 Å². The fourth-order valence-corrected chi connectivity index (χ4v) is 2.76. The van der Waals surface area contributed by atoms with Crippen LogP contribution in [-0.2, 0) is 11.3 Å². The highest BCUT2D eigenvalue weighted by molar-refractivity contribution is 7.13. The Morgan fingerprint density at radius 2 is 2.45 bits per heavy atom. The molecule has 0 spiro atoms. The Bertz CT molecular complexity index is 575. The molecule has 20 heavy (non-hydrogen) atoms. The molecule has 1 aliphatic rings. The lowest BCUT2D eigenvalue weighted by Crippen LogP contribution is -3.09. The number of nitrogens with zero attached hydrogens (tertiary/aromatic N) is 1. The molecule has 0 bridgehead atoms.